The molecule has 2 N–H and O–H groups in total. The number of aliphatic imine (C=N–C) groups is 1. The standard InChI is InChI=1S/C23H31FN6.HI/c24-20-5-7-21(8-6-20)28-13-15-30(16-14-28)23(25)27-18-19-9-10-26-22(17-19)29-11-3-1-2-4-12-29;/h5-10,17H,1-4,11-16,18H2,(H2,25,27);1H. The van der Waals surface area contributed by atoms with Gasteiger partial charge in [-0.3, -0.25) is 0 Å². The molecule has 2 fully saturated rings. The molecule has 4 rings (SSSR count). The monoisotopic (exact) mass is 538 g/mol. The number of hydrogen-bond donors (Lipinski definition) is 1. The van der Waals surface area contributed by atoms with E-state index in [1.54, 1.807) is 0 Å². The maximum atomic E-state index is 13.1. The van der Waals surface area contributed by atoms with E-state index in [1.807, 2.05) is 24.4 Å². The fourth-order valence-corrected chi connectivity index (χ4v) is 4.15. The van der Waals surface area contributed by atoms with Crippen LogP contribution >= 0.6 is 24.0 Å². The maximum absolute atomic E-state index is 13.1. The third kappa shape index (κ3) is 6.44. The molecule has 0 aliphatic carbocycles. The predicted octanol–water partition coefficient (Wildman–Crippen LogP) is 3.86. The molecule has 0 amide bonds. The van der Waals surface area contributed by atoms with E-state index < -0.39 is 0 Å². The van der Waals surface area contributed by atoms with Gasteiger partial charge in [0.1, 0.15) is 11.6 Å². The first kappa shape index (κ1) is 23.6. The van der Waals surface area contributed by atoms with Gasteiger partial charge in [-0.1, -0.05) is 12.8 Å². The molecule has 2 aromatic rings. The van der Waals surface area contributed by atoms with Crippen LogP contribution in [0.1, 0.15) is 31.2 Å². The minimum atomic E-state index is -0.205. The van der Waals surface area contributed by atoms with E-state index in [9.17, 15) is 4.39 Å². The minimum absolute atomic E-state index is 0. The van der Waals surface area contributed by atoms with Gasteiger partial charge >= 0.3 is 0 Å². The Bertz CT molecular complexity index is 843. The van der Waals surface area contributed by atoms with E-state index in [1.165, 1.54) is 37.8 Å². The summed E-state index contributed by atoms with van der Waals surface area (Å²) in [6.45, 7) is 6.03. The highest BCUT2D eigenvalue weighted by Gasteiger charge is 2.18. The van der Waals surface area contributed by atoms with Gasteiger partial charge in [0.05, 0.1) is 6.54 Å². The smallest absolute Gasteiger partial charge is 0.191 e. The first-order valence-electron chi connectivity index (χ1n) is 10.9. The number of pyridine rings is 1. The lowest BCUT2D eigenvalue weighted by Gasteiger charge is -2.36. The number of nitrogens with two attached hydrogens (primary N) is 1. The fraction of sp³-hybridized carbons (Fsp3) is 0.478. The third-order valence-corrected chi connectivity index (χ3v) is 5.96. The van der Waals surface area contributed by atoms with Gasteiger partial charge in [-0.05, 0) is 54.8 Å². The number of benzene rings is 1. The molecule has 0 bridgehead atoms. The van der Waals surface area contributed by atoms with Crippen molar-refractivity contribution in [2.45, 2.75) is 32.2 Å². The third-order valence-electron chi connectivity index (χ3n) is 5.96. The summed E-state index contributed by atoms with van der Waals surface area (Å²) in [5.74, 6) is 1.43. The van der Waals surface area contributed by atoms with Crippen molar-refractivity contribution in [1.29, 1.82) is 0 Å². The predicted molar refractivity (Wildman–Crippen MR) is 136 cm³/mol. The quantitative estimate of drug-likeness (QED) is 0.364. The maximum Gasteiger partial charge on any atom is 0.191 e. The molecule has 0 radical (unpaired) electrons. The Morgan fingerprint density at radius 2 is 1.58 bits per heavy atom. The Balaban J connectivity index is 0.00000272. The molecule has 1 aromatic heterocycles. The molecule has 2 aliphatic heterocycles. The van der Waals surface area contributed by atoms with Crippen molar-refractivity contribution in [1.82, 2.24) is 9.88 Å². The number of nitrogens with zero attached hydrogens (tertiary/aromatic N) is 5. The lowest BCUT2D eigenvalue weighted by Crippen LogP contribution is -2.51. The molecule has 0 spiro atoms. The zero-order valence-electron chi connectivity index (χ0n) is 17.9. The van der Waals surface area contributed by atoms with Crippen LogP contribution in [0.4, 0.5) is 15.9 Å². The van der Waals surface area contributed by atoms with Crippen LogP contribution in [-0.2, 0) is 6.54 Å². The lowest BCUT2D eigenvalue weighted by molar-refractivity contribution is 0.380. The van der Waals surface area contributed by atoms with E-state index >= 15 is 0 Å². The molecule has 6 nitrogen and oxygen atoms in total. The van der Waals surface area contributed by atoms with E-state index in [2.05, 4.69) is 30.7 Å². The molecule has 8 heteroatoms. The normalized spacial score (nSPS) is 17.8. The van der Waals surface area contributed by atoms with Gasteiger partial charge < -0.3 is 20.4 Å². The van der Waals surface area contributed by atoms with Crippen molar-refractivity contribution < 1.29 is 4.39 Å². The summed E-state index contributed by atoms with van der Waals surface area (Å²) in [6, 6.07) is 10.8. The number of halogens is 2. The van der Waals surface area contributed by atoms with E-state index in [0.29, 0.717) is 12.5 Å². The van der Waals surface area contributed by atoms with Crippen LogP contribution in [0.3, 0.4) is 0 Å². The van der Waals surface area contributed by atoms with Gasteiger partial charge in [0.15, 0.2) is 5.96 Å². The van der Waals surface area contributed by atoms with Crippen molar-refractivity contribution in [2.24, 2.45) is 10.7 Å². The van der Waals surface area contributed by atoms with Crippen LogP contribution in [0.5, 0.6) is 0 Å². The molecule has 168 valence electrons. The summed E-state index contributed by atoms with van der Waals surface area (Å²) in [7, 11) is 0. The van der Waals surface area contributed by atoms with Crippen molar-refractivity contribution >= 4 is 41.4 Å². The largest absolute Gasteiger partial charge is 0.370 e. The molecule has 2 saturated heterocycles. The number of hydrogen-bond acceptors (Lipinski definition) is 4. The number of rotatable bonds is 4. The van der Waals surface area contributed by atoms with Gasteiger partial charge in [-0.2, -0.15) is 0 Å². The second kappa shape index (κ2) is 11.5. The summed E-state index contributed by atoms with van der Waals surface area (Å²) in [4.78, 5) is 16.0. The second-order valence-electron chi connectivity index (χ2n) is 8.05. The van der Waals surface area contributed by atoms with Crippen LogP contribution in [0.2, 0.25) is 0 Å². The minimum Gasteiger partial charge on any atom is -0.370 e. The number of anilines is 2. The highest BCUT2D eigenvalue weighted by Crippen LogP contribution is 2.19. The summed E-state index contributed by atoms with van der Waals surface area (Å²) in [5.41, 5.74) is 8.47. The molecule has 3 heterocycles. The SMILES string of the molecule is I.NC(=NCc1ccnc(N2CCCCCC2)c1)N1CCN(c2ccc(F)cc2)CC1. The van der Waals surface area contributed by atoms with Gasteiger partial charge in [0, 0.05) is 51.2 Å². The molecule has 0 unspecified atom stereocenters. The molecular weight excluding hydrogens is 506 g/mol. The Morgan fingerprint density at radius 3 is 2.26 bits per heavy atom. The summed E-state index contributed by atoms with van der Waals surface area (Å²) in [5, 5.41) is 0. The zero-order valence-corrected chi connectivity index (χ0v) is 20.2. The van der Waals surface area contributed by atoms with Crippen molar-refractivity contribution in [3.63, 3.8) is 0 Å². The summed E-state index contributed by atoms with van der Waals surface area (Å²) >= 11 is 0. The summed E-state index contributed by atoms with van der Waals surface area (Å²) in [6.07, 6.45) is 6.97. The highest BCUT2D eigenvalue weighted by molar-refractivity contribution is 14.0. The van der Waals surface area contributed by atoms with E-state index in [0.717, 1.165) is 56.3 Å². The summed E-state index contributed by atoms with van der Waals surface area (Å²) < 4.78 is 13.1. The highest BCUT2D eigenvalue weighted by atomic mass is 127. The Hall–Kier alpha value is -2.10. The molecule has 0 atom stereocenters. The molecular formula is C23H32FIN6. The first-order chi connectivity index (χ1) is 14.7. The van der Waals surface area contributed by atoms with Crippen LogP contribution in [0.15, 0.2) is 47.6 Å². The number of piperazine rings is 1. The van der Waals surface area contributed by atoms with Crippen LogP contribution < -0.4 is 15.5 Å². The van der Waals surface area contributed by atoms with Crippen LogP contribution in [-0.4, -0.2) is 55.1 Å². The van der Waals surface area contributed by atoms with Crippen molar-refractivity contribution in [3.8, 4) is 0 Å². The average Bonchev–Trinajstić information content (AvgIpc) is 3.08. The average molecular weight is 538 g/mol. The Morgan fingerprint density at radius 1 is 0.903 bits per heavy atom. The molecule has 0 saturated carbocycles. The van der Waals surface area contributed by atoms with Gasteiger partial charge in [0.25, 0.3) is 0 Å². The lowest BCUT2D eigenvalue weighted by atomic mass is 10.2. The molecule has 31 heavy (non-hydrogen) atoms. The topological polar surface area (TPSA) is 61.0 Å². The number of guanidine groups is 1. The molecule has 1 aromatic carbocycles. The fourth-order valence-electron chi connectivity index (χ4n) is 4.15. The van der Waals surface area contributed by atoms with Gasteiger partial charge in [-0.25, -0.2) is 14.4 Å². The number of aromatic nitrogens is 1. The Kier molecular flexibility index (Phi) is 8.74. The van der Waals surface area contributed by atoms with Gasteiger partial charge in [0.2, 0.25) is 0 Å². The Labute approximate surface area is 201 Å². The van der Waals surface area contributed by atoms with Crippen molar-refractivity contribution in [2.75, 3.05) is 49.1 Å². The van der Waals surface area contributed by atoms with Crippen LogP contribution in [0.25, 0.3) is 0 Å². The van der Waals surface area contributed by atoms with Gasteiger partial charge in [-0.15, -0.1) is 24.0 Å². The van der Waals surface area contributed by atoms with E-state index in [4.69, 9.17) is 5.73 Å². The second-order valence-corrected chi connectivity index (χ2v) is 8.05. The van der Waals surface area contributed by atoms with Crippen molar-refractivity contribution in [3.05, 3.63) is 54.0 Å². The van der Waals surface area contributed by atoms with Crippen LogP contribution in [0, 0.1) is 5.82 Å². The molecule has 2 aliphatic rings. The first-order valence-corrected chi connectivity index (χ1v) is 10.9. The van der Waals surface area contributed by atoms with E-state index in [-0.39, 0.29) is 29.8 Å². The zero-order chi connectivity index (χ0) is 20.8.